The van der Waals surface area contributed by atoms with Gasteiger partial charge in [0.15, 0.2) is 0 Å². The predicted octanol–water partition coefficient (Wildman–Crippen LogP) is 3.04. The summed E-state index contributed by atoms with van der Waals surface area (Å²) >= 11 is 0. The second-order valence-electron chi connectivity index (χ2n) is 4.72. The molecule has 0 amide bonds. The molecule has 132 valence electrons. The minimum Gasteiger partial charge on any atom is -0.383 e. The van der Waals surface area contributed by atoms with Crippen LogP contribution in [-0.4, -0.2) is 28.2 Å². The third-order valence-electron chi connectivity index (χ3n) is 2.64. The smallest absolute Gasteiger partial charge is 0.383 e. The van der Waals surface area contributed by atoms with E-state index in [1.807, 2.05) is 4.72 Å². The minimum atomic E-state index is -5.12. The normalized spacial score (nSPS) is 14.8. The lowest BCUT2D eigenvalue weighted by Crippen LogP contribution is -2.35. The quantitative estimate of drug-likeness (QED) is 0.816. The summed E-state index contributed by atoms with van der Waals surface area (Å²) in [4.78, 5) is -1.12. The standard InChI is InChI=1S/C12H13F6NO3S/c1-7(6-22-2)19-23(20,21)10-4-8(11(13,14)15)3-9(5-10)12(16,17)18/h3-5,7,19H,6H2,1-2H3. The molecule has 0 saturated carbocycles. The van der Waals surface area contributed by atoms with Crippen molar-refractivity contribution >= 4 is 10.0 Å². The molecule has 0 aromatic heterocycles. The van der Waals surface area contributed by atoms with Crippen LogP contribution in [0.5, 0.6) is 0 Å². The second-order valence-corrected chi connectivity index (χ2v) is 6.43. The molecule has 1 aromatic carbocycles. The van der Waals surface area contributed by atoms with Crippen LogP contribution < -0.4 is 4.72 Å². The number of methoxy groups -OCH3 is 1. The molecule has 1 atom stereocenters. The van der Waals surface area contributed by atoms with Crippen molar-refractivity contribution in [1.82, 2.24) is 4.72 Å². The van der Waals surface area contributed by atoms with Crippen LogP contribution in [0, 0.1) is 0 Å². The molecule has 0 spiro atoms. The van der Waals surface area contributed by atoms with Gasteiger partial charge in [-0.1, -0.05) is 0 Å². The van der Waals surface area contributed by atoms with Crippen molar-refractivity contribution < 1.29 is 39.5 Å². The Hall–Kier alpha value is -1.33. The van der Waals surface area contributed by atoms with Crippen LogP contribution in [-0.2, 0) is 27.1 Å². The number of hydrogen-bond donors (Lipinski definition) is 1. The van der Waals surface area contributed by atoms with Crippen molar-refractivity contribution in [3.8, 4) is 0 Å². The number of ether oxygens (including phenoxy) is 1. The topological polar surface area (TPSA) is 55.4 Å². The maximum absolute atomic E-state index is 12.7. The van der Waals surface area contributed by atoms with Gasteiger partial charge in [-0.3, -0.25) is 0 Å². The summed E-state index contributed by atoms with van der Waals surface area (Å²) in [5.74, 6) is 0. The van der Waals surface area contributed by atoms with E-state index in [4.69, 9.17) is 0 Å². The van der Waals surface area contributed by atoms with Crippen LogP contribution in [0.15, 0.2) is 23.1 Å². The number of nitrogens with one attached hydrogen (secondary N) is 1. The lowest BCUT2D eigenvalue weighted by atomic mass is 10.1. The SMILES string of the molecule is COCC(C)NS(=O)(=O)c1cc(C(F)(F)F)cc(C(F)(F)F)c1. The van der Waals surface area contributed by atoms with Gasteiger partial charge in [-0.2, -0.15) is 26.3 Å². The van der Waals surface area contributed by atoms with Crippen molar-refractivity contribution in [3.05, 3.63) is 29.3 Å². The van der Waals surface area contributed by atoms with Crippen molar-refractivity contribution in [2.24, 2.45) is 0 Å². The molecule has 0 aliphatic rings. The summed E-state index contributed by atoms with van der Waals surface area (Å²) in [5.41, 5.74) is -3.40. The first kappa shape index (κ1) is 19.7. The van der Waals surface area contributed by atoms with Gasteiger partial charge in [0.25, 0.3) is 0 Å². The van der Waals surface area contributed by atoms with Gasteiger partial charge in [-0.15, -0.1) is 0 Å². The average molecular weight is 365 g/mol. The highest BCUT2D eigenvalue weighted by Gasteiger charge is 2.38. The largest absolute Gasteiger partial charge is 0.416 e. The molecule has 0 bridgehead atoms. The molecule has 0 heterocycles. The highest BCUT2D eigenvalue weighted by molar-refractivity contribution is 7.89. The summed E-state index contributed by atoms with van der Waals surface area (Å²) < 4.78 is 107. The molecule has 0 saturated heterocycles. The van der Waals surface area contributed by atoms with Crippen LogP contribution in [0.4, 0.5) is 26.3 Å². The summed E-state index contributed by atoms with van der Waals surface area (Å²) in [6.45, 7) is 1.24. The van der Waals surface area contributed by atoms with E-state index in [0.29, 0.717) is 0 Å². The van der Waals surface area contributed by atoms with Crippen LogP contribution in [0.1, 0.15) is 18.1 Å². The van der Waals surface area contributed by atoms with Gasteiger partial charge in [0.05, 0.1) is 22.6 Å². The van der Waals surface area contributed by atoms with Crippen LogP contribution in [0.2, 0.25) is 0 Å². The van der Waals surface area contributed by atoms with Gasteiger partial charge in [-0.05, 0) is 25.1 Å². The monoisotopic (exact) mass is 365 g/mol. The van der Waals surface area contributed by atoms with Crippen LogP contribution in [0.3, 0.4) is 0 Å². The summed E-state index contributed by atoms with van der Waals surface area (Å²) in [5, 5.41) is 0. The molecule has 11 heteroatoms. The number of benzene rings is 1. The molecule has 0 aliphatic heterocycles. The van der Waals surface area contributed by atoms with E-state index in [1.54, 1.807) is 0 Å². The average Bonchev–Trinajstić information content (AvgIpc) is 2.35. The molecule has 0 aliphatic carbocycles. The number of hydrogen-bond acceptors (Lipinski definition) is 3. The Morgan fingerprint density at radius 3 is 1.83 bits per heavy atom. The van der Waals surface area contributed by atoms with E-state index in [-0.39, 0.29) is 24.8 Å². The maximum Gasteiger partial charge on any atom is 0.416 e. The van der Waals surface area contributed by atoms with Crippen molar-refractivity contribution in [2.45, 2.75) is 30.2 Å². The fourth-order valence-electron chi connectivity index (χ4n) is 1.70. The third-order valence-corrected chi connectivity index (χ3v) is 4.21. The van der Waals surface area contributed by atoms with Crippen molar-refractivity contribution in [1.29, 1.82) is 0 Å². The van der Waals surface area contributed by atoms with E-state index in [2.05, 4.69) is 4.74 Å². The first-order valence-electron chi connectivity index (χ1n) is 6.08. The summed E-state index contributed by atoms with van der Waals surface area (Å²) in [6.07, 6.45) is -10.2. The van der Waals surface area contributed by atoms with Crippen molar-refractivity contribution in [3.63, 3.8) is 0 Å². The van der Waals surface area contributed by atoms with E-state index >= 15 is 0 Å². The molecule has 0 radical (unpaired) electrons. The first-order chi connectivity index (χ1) is 10.3. The zero-order valence-corrected chi connectivity index (χ0v) is 12.7. The second kappa shape index (κ2) is 6.65. The van der Waals surface area contributed by atoms with Crippen LogP contribution in [0.25, 0.3) is 0 Å². The van der Waals surface area contributed by atoms with Crippen molar-refractivity contribution in [2.75, 3.05) is 13.7 Å². The number of alkyl halides is 6. The minimum absolute atomic E-state index is 0.107. The number of sulfonamides is 1. The highest BCUT2D eigenvalue weighted by Crippen LogP contribution is 2.37. The highest BCUT2D eigenvalue weighted by atomic mass is 32.2. The van der Waals surface area contributed by atoms with E-state index in [0.717, 1.165) is 0 Å². The van der Waals surface area contributed by atoms with E-state index in [9.17, 15) is 34.8 Å². The summed E-state index contributed by atoms with van der Waals surface area (Å²) in [7, 11) is -3.32. The Bertz CT molecular complexity index is 621. The van der Waals surface area contributed by atoms with Gasteiger partial charge >= 0.3 is 12.4 Å². The van der Waals surface area contributed by atoms with Gasteiger partial charge in [-0.25, -0.2) is 13.1 Å². The molecular formula is C12H13F6NO3S. The Kier molecular flexibility index (Phi) is 5.70. The maximum atomic E-state index is 12.7. The fraction of sp³-hybridized carbons (Fsp3) is 0.500. The zero-order valence-electron chi connectivity index (χ0n) is 11.9. The Morgan fingerprint density at radius 2 is 1.48 bits per heavy atom. The lowest BCUT2D eigenvalue weighted by Gasteiger charge is -2.17. The predicted molar refractivity (Wildman–Crippen MR) is 68.1 cm³/mol. The fourth-order valence-corrected chi connectivity index (χ4v) is 3.00. The molecule has 4 nitrogen and oxygen atoms in total. The zero-order chi connectivity index (χ0) is 18.1. The molecular weight excluding hydrogens is 352 g/mol. The first-order valence-corrected chi connectivity index (χ1v) is 7.56. The Balaban J connectivity index is 3.40. The Labute approximate surface area is 128 Å². The van der Waals surface area contributed by atoms with E-state index in [1.165, 1.54) is 14.0 Å². The van der Waals surface area contributed by atoms with Crippen LogP contribution >= 0.6 is 0 Å². The lowest BCUT2D eigenvalue weighted by molar-refractivity contribution is -0.143. The molecule has 23 heavy (non-hydrogen) atoms. The summed E-state index contributed by atoms with van der Waals surface area (Å²) in [6, 6.07) is -0.680. The van der Waals surface area contributed by atoms with Gasteiger partial charge in [0.1, 0.15) is 0 Å². The molecule has 0 fully saturated rings. The molecule has 1 rings (SSSR count). The third kappa shape index (κ3) is 5.36. The molecule has 1 aromatic rings. The molecule has 1 N–H and O–H groups in total. The molecule has 1 unspecified atom stereocenters. The van der Waals surface area contributed by atoms with Gasteiger partial charge < -0.3 is 4.74 Å². The Morgan fingerprint density at radius 1 is 1.04 bits per heavy atom. The number of rotatable bonds is 5. The van der Waals surface area contributed by atoms with Gasteiger partial charge in [0.2, 0.25) is 10.0 Å². The number of halogens is 6. The van der Waals surface area contributed by atoms with Gasteiger partial charge in [0, 0.05) is 13.2 Å². The van der Waals surface area contributed by atoms with E-state index < -0.39 is 44.4 Å².